The number of ether oxygens (including phenoxy) is 2. The Morgan fingerprint density at radius 1 is 0.339 bits per heavy atom. The van der Waals surface area contributed by atoms with Crippen molar-refractivity contribution in [1.29, 1.82) is 0 Å². The second kappa shape index (κ2) is 35.8. The zero-order valence-corrected chi connectivity index (χ0v) is 37.6. The van der Waals surface area contributed by atoms with Crippen molar-refractivity contribution < 1.29 is 14.3 Å². The maximum absolute atomic E-state index is 13.7. The molecule has 2 aromatic carbocycles. The fourth-order valence-electron chi connectivity index (χ4n) is 8.42. The second-order valence-electron chi connectivity index (χ2n) is 17.1. The Morgan fingerprint density at radius 2 is 0.589 bits per heavy atom. The van der Waals surface area contributed by atoms with Crippen LogP contribution in [-0.4, -0.2) is 6.16 Å². The maximum atomic E-state index is 13.7. The van der Waals surface area contributed by atoms with E-state index >= 15 is 0 Å². The Balaban J connectivity index is 2.11. The zero-order valence-electron chi connectivity index (χ0n) is 37.6. The molecule has 0 saturated heterocycles. The van der Waals surface area contributed by atoms with Crippen molar-refractivity contribution >= 4 is 6.16 Å². The molecule has 0 spiro atoms. The molecule has 3 heteroatoms. The minimum atomic E-state index is -0.590. The van der Waals surface area contributed by atoms with Crippen LogP contribution in [0.1, 0.15) is 255 Å². The van der Waals surface area contributed by atoms with Gasteiger partial charge in [-0.25, -0.2) is 4.79 Å². The average molecular weight is 775 g/mol. The number of hydrogen-bond acceptors (Lipinski definition) is 3. The molecule has 320 valence electrons. The van der Waals surface area contributed by atoms with E-state index in [1.807, 2.05) is 12.1 Å². The fourth-order valence-corrected chi connectivity index (χ4v) is 8.42. The van der Waals surface area contributed by atoms with Crippen LogP contribution >= 0.6 is 0 Å². The Morgan fingerprint density at radius 3 is 0.875 bits per heavy atom. The molecule has 56 heavy (non-hydrogen) atoms. The summed E-state index contributed by atoms with van der Waals surface area (Å²) in [4.78, 5) is 13.7. The summed E-state index contributed by atoms with van der Waals surface area (Å²) in [7, 11) is 0. The van der Waals surface area contributed by atoms with Crippen LogP contribution in [0.2, 0.25) is 0 Å². The van der Waals surface area contributed by atoms with Gasteiger partial charge < -0.3 is 9.47 Å². The van der Waals surface area contributed by atoms with Gasteiger partial charge in [-0.05, 0) is 85.8 Å². The molecule has 0 aliphatic carbocycles. The highest BCUT2D eigenvalue weighted by Gasteiger charge is 2.18. The summed E-state index contributed by atoms with van der Waals surface area (Å²) in [6, 6.07) is 12.7. The lowest BCUT2D eigenvalue weighted by Crippen LogP contribution is -2.17. The molecule has 0 fully saturated rings. The molecule has 0 unspecified atom stereocenters. The van der Waals surface area contributed by atoms with Gasteiger partial charge in [-0.2, -0.15) is 0 Å². The predicted octanol–water partition coefficient (Wildman–Crippen LogP) is 18.0. The quantitative estimate of drug-likeness (QED) is 0.0387. The van der Waals surface area contributed by atoms with Crippen molar-refractivity contribution in [3.05, 3.63) is 58.7 Å². The standard InChI is InChI=1S/C53H90O3/c1-5-9-13-17-21-25-29-33-39-47-41-37-45-51(49(47)43-35-31-27-23-19-15-11-7-3)55-53(54)56-52-46-38-42-48(40-34-30-26-22-18-14-10-6-2)50(52)44-36-32-28-24-20-16-12-8-4/h37-38,41-42,45-46H,5-36,39-40,43-44H2,1-4H3. The zero-order chi connectivity index (χ0) is 40.2. The summed E-state index contributed by atoms with van der Waals surface area (Å²) >= 11 is 0. The molecule has 0 amide bonds. The molecule has 0 aliphatic rings. The van der Waals surface area contributed by atoms with Gasteiger partial charge in [0, 0.05) is 0 Å². The van der Waals surface area contributed by atoms with E-state index in [4.69, 9.17) is 9.47 Å². The second-order valence-corrected chi connectivity index (χ2v) is 17.1. The molecule has 0 N–H and O–H groups in total. The van der Waals surface area contributed by atoms with Crippen molar-refractivity contribution in [2.45, 2.75) is 259 Å². The number of carbonyl (C=O) groups excluding carboxylic acids is 1. The van der Waals surface area contributed by atoms with Crippen LogP contribution in [0.3, 0.4) is 0 Å². The summed E-state index contributed by atoms with van der Waals surface area (Å²) in [5, 5.41) is 0. The predicted molar refractivity (Wildman–Crippen MR) is 245 cm³/mol. The van der Waals surface area contributed by atoms with Crippen LogP contribution in [0.4, 0.5) is 4.79 Å². The Hall–Kier alpha value is -2.29. The largest absolute Gasteiger partial charge is 0.519 e. The van der Waals surface area contributed by atoms with E-state index in [2.05, 4.69) is 52.0 Å². The van der Waals surface area contributed by atoms with Crippen molar-refractivity contribution in [3.8, 4) is 11.5 Å². The number of benzene rings is 2. The van der Waals surface area contributed by atoms with E-state index in [-0.39, 0.29) is 0 Å². The number of unbranched alkanes of at least 4 members (excludes halogenated alkanes) is 28. The van der Waals surface area contributed by atoms with E-state index < -0.39 is 6.16 Å². The van der Waals surface area contributed by atoms with E-state index in [0.717, 1.165) is 38.5 Å². The molecule has 2 rings (SSSR count). The van der Waals surface area contributed by atoms with Crippen molar-refractivity contribution in [3.63, 3.8) is 0 Å². The number of hydrogen-bond donors (Lipinski definition) is 0. The van der Waals surface area contributed by atoms with Gasteiger partial charge in [0.1, 0.15) is 11.5 Å². The Labute approximate surface area is 348 Å². The Bertz CT molecular complexity index is 1110. The van der Waals surface area contributed by atoms with Crippen LogP contribution in [0.5, 0.6) is 11.5 Å². The number of carbonyl (C=O) groups is 1. The number of rotatable bonds is 38. The average Bonchev–Trinajstić information content (AvgIpc) is 3.20. The molecule has 0 aliphatic heterocycles. The van der Waals surface area contributed by atoms with Crippen LogP contribution in [-0.2, 0) is 25.7 Å². The minimum Gasteiger partial charge on any atom is -0.394 e. The third kappa shape index (κ3) is 24.5. The molecule has 0 heterocycles. The molecule has 2 aromatic rings. The molecule has 3 nitrogen and oxygen atoms in total. The van der Waals surface area contributed by atoms with Gasteiger partial charge in [-0.1, -0.05) is 232 Å². The normalized spacial score (nSPS) is 11.4. The Kier molecular flexibility index (Phi) is 31.9. The van der Waals surface area contributed by atoms with Crippen LogP contribution < -0.4 is 9.47 Å². The van der Waals surface area contributed by atoms with Crippen LogP contribution in [0.25, 0.3) is 0 Å². The molecule has 0 radical (unpaired) electrons. The molecule has 0 saturated carbocycles. The van der Waals surface area contributed by atoms with E-state index in [9.17, 15) is 4.79 Å². The third-order valence-corrected chi connectivity index (χ3v) is 12.0. The summed E-state index contributed by atoms with van der Waals surface area (Å²) in [6.07, 6.45) is 45.2. The van der Waals surface area contributed by atoms with Crippen molar-refractivity contribution in [1.82, 2.24) is 0 Å². The molecular weight excluding hydrogens is 685 g/mol. The first-order valence-corrected chi connectivity index (χ1v) is 24.8. The van der Waals surface area contributed by atoms with E-state index in [1.54, 1.807) is 0 Å². The fraction of sp³-hybridized carbons (Fsp3) is 0.755. The number of aryl methyl sites for hydroxylation is 2. The highest BCUT2D eigenvalue weighted by molar-refractivity contribution is 5.69. The molecule has 0 bridgehead atoms. The van der Waals surface area contributed by atoms with Gasteiger partial charge in [0.25, 0.3) is 0 Å². The molecule has 0 atom stereocenters. The molecule has 0 aromatic heterocycles. The van der Waals surface area contributed by atoms with Gasteiger partial charge in [0.15, 0.2) is 0 Å². The first kappa shape index (κ1) is 49.9. The lowest BCUT2D eigenvalue weighted by molar-refractivity contribution is 0.151. The van der Waals surface area contributed by atoms with Gasteiger partial charge in [-0.15, -0.1) is 0 Å². The smallest absolute Gasteiger partial charge is 0.394 e. The monoisotopic (exact) mass is 775 g/mol. The maximum Gasteiger partial charge on any atom is 0.519 e. The SMILES string of the molecule is CCCCCCCCCCc1cccc(OC(=O)Oc2cccc(CCCCCCCCCC)c2CCCCCCCCCC)c1CCCCCCCCCC. The highest BCUT2D eigenvalue weighted by Crippen LogP contribution is 2.30. The third-order valence-electron chi connectivity index (χ3n) is 12.0. The van der Waals surface area contributed by atoms with Crippen molar-refractivity contribution in [2.75, 3.05) is 0 Å². The first-order valence-electron chi connectivity index (χ1n) is 24.8. The summed E-state index contributed by atoms with van der Waals surface area (Å²) in [6.45, 7) is 9.14. The van der Waals surface area contributed by atoms with Gasteiger partial charge in [-0.3, -0.25) is 0 Å². The minimum absolute atomic E-state index is 0.590. The topological polar surface area (TPSA) is 35.5 Å². The highest BCUT2D eigenvalue weighted by atomic mass is 16.7. The van der Waals surface area contributed by atoms with Crippen LogP contribution in [0.15, 0.2) is 36.4 Å². The summed E-state index contributed by atoms with van der Waals surface area (Å²) in [5.41, 5.74) is 5.15. The van der Waals surface area contributed by atoms with Crippen molar-refractivity contribution in [2.24, 2.45) is 0 Å². The summed E-state index contributed by atoms with van der Waals surface area (Å²) < 4.78 is 12.3. The summed E-state index contributed by atoms with van der Waals surface area (Å²) in [5.74, 6) is 1.41. The van der Waals surface area contributed by atoms with E-state index in [1.165, 1.54) is 215 Å². The lowest BCUT2D eigenvalue weighted by atomic mass is 9.95. The van der Waals surface area contributed by atoms with Gasteiger partial charge in [0.2, 0.25) is 0 Å². The van der Waals surface area contributed by atoms with Gasteiger partial charge >= 0.3 is 6.16 Å². The van der Waals surface area contributed by atoms with Gasteiger partial charge in [0.05, 0.1) is 0 Å². The van der Waals surface area contributed by atoms with Crippen LogP contribution in [0, 0.1) is 0 Å². The first-order chi connectivity index (χ1) is 27.6. The lowest BCUT2D eigenvalue weighted by Gasteiger charge is -2.17. The molecular formula is C53H90O3. The van der Waals surface area contributed by atoms with E-state index in [0.29, 0.717) is 11.5 Å².